The summed E-state index contributed by atoms with van der Waals surface area (Å²) in [5.74, 6) is 0.534. The summed E-state index contributed by atoms with van der Waals surface area (Å²) < 4.78 is 24.5. The number of rotatable bonds is 4. The smallest absolute Gasteiger partial charge is 0.152 e. The molecule has 21 heavy (non-hydrogen) atoms. The van der Waals surface area contributed by atoms with Gasteiger partial charge in [-0.3, -0.25) is 0 Å². The Balaban J connectivity index is 2.25. The second kappa shape index (κ2) is 7.11. The zero-order valence-corrected chi connectivity index (χ0v) is 14.8. The van der Waals surface area contributed by atoms with Gasteiger partial charge in [0.2, 0.25) is 0 Å². The van der Waals surface area contributed by atoms with Gasteiger partial charge in [-0.1, -0.05) is 22.9 Å². The molecule has 0 radical (unpaired) electrons. The van der Waals surface area contributed by atoms with Crippen LogP contribution in [0.4, 0.5) is 5.69 Å². The van der Waals surface area contributed by atoms with E-state index in [9.17, 15) is 8.42 Å². The molecule has 1 aromatic carbocycles. The van der Waals surface area contributed by atoms with E-state index in [0.717, 1.165) is 29.5 Å². The van der Waals surface area contributed by atoms with E-state index in [1.165, 1.54) is 5.56 Å². The highest BCUT2D eigenvalue weighted by Gasteiger charge is 2.21. The predicted octanol–water partition coefficient (Wildman–Crippen LogP) is 2.35. The van der Waals surface area contributed by atoms with E-state index in [0.29, 0.717) is 18.7 Å². The molecular weight excluding hydrogens is 352 g/mol. The topological polar surface area (TPSA) is 63.4 Å². The lowest BCUT2D eigenvalue weighted by molar-refractivity contribution is 0.597. The fraction of sp³-hybridized carbons (Fsp3) is 0.600. The van der Waals surface area contributed by atoms with Gasteiger partial charge in [0.25, 0.3) is 0 Å². The van der Waals surface area contributed by atoms with E-state index in [4.69, 9.17) is 5.73 Å². The first kappa shape index (κ1) is 16.8. The van der Waals surface area contributed by atoms with Crippen LogP contribution in [0.2, 0.25) is 0 Å². The van der Waals surface area contributed by atoms with E-state index >= 15 is 0 Å². The van der Waals surface area contributed by atoms with Crippen LogP contribution in [0, 0.1) is 0 Å². The summed E-state index contributed by atoms with van der Waals surface area (Å²) >= 11 is 3.51. The van der Waals surface area contributed by atoms with Crippen LogP contribution in [0.3, 0.4) is 0 Å². The van der Waals surface area contributed by atoms with Crippen LogP contribution in [0.1, 0.15) is 25.3 Å². The Hall–Kier alpha value is -0.590. The van der Waals surface area contributed by atoms with Gasteiger partial charge in [-0.15, -0.1) is 0 Å². The summed E-state index contributed by atoms with van der Waals surface area (Å²) in [7, 11) is -2.88. The second-order valence-corrected chi connectivity index (χ2v) is 8.86. The average Bonchev–Trinajstić information content (AvgIpc) is 2.60. The molecule has 118 valence electrons. The molecule has 1 fully saturated rings. The van der Waals surface area contributed by atoms with Gasteiger partial charge in [-0.25, -0.2) is 8.42 Å². The van der Waals surface area contributed by atoms with Gasteiger partial charge in [-0.2, -0.15) is 0 Å². The SMILES string of the molecule is CCC(N)Cc1cc(Br)ccc1N1CCCS(=O)(=O)CC1. The normalized spacial score (nSPS) is 20.0. The van der Waals surface area contributed by atoms with Crippen LogP contribution in [0.5, 0.6) is 0 Å². The summed E-state index contributed by atoms with van der Waals surface area (Å²) in [6, 6.07) is 6.31. The number of sulfone groups is 1. The summed E-state index contributed by atoms with van der Waals surface area (Å²) in [5.41, 5.74) is 8.41. The molecule has 2 N–H and O–H groups in total. The van der Waals surface area contributed by atoms with Crippen molar-refractivity contribution in [3.05, 3.63) is 28.2 Å². The highest BCUT2D eigenvalue weighted by Crippen LogP contribution is 2.27. The molecular formula is C15H23BrN2O2S. The van der Waals surface area contributed by atoms with Crippen molar-refractivity contribution in [2.45, 2.75) is 32.2 Å². The number of anilines is 1. The van der Waals surface area contributed by atoms with E-state index in [2.05, 4.69) is 39.9 Å². The van der Waals surface area contributed by atoms with Gasteiger partial charge in [-0.05, 0) is 43.0 Å². The molecule has 0 aliphatic carbocycles. The Morgan fingerprint density at radius 1 is 1.33 bits per heavy atom. The standard InChI is InChI=1S/C15H23BrN2O2S/c1-2-14(17)11-12-10-13(16)4-5-15(12)18-6-3-8-21(19,20)9-7-18/h4-5,10,14H,2-3,6-9,11,17H2,1H3. The zero-order chi connectivity index (χ0) is 15.5. The van der Waals surface area contributed by atoms with Crippen molar-refractivity contribution in [2.24, 2.45) is 5.73 Å². The third kappa shape index (κ3) is 4.69. The number of nitrogens with zero attached hydrogens (tertiary/aromatic N) is 1. The lowest BCUT2D eigenvalue weighted by Crippen LogP contribution is -2.29. The number of halogens is 1. The molecule has 0 spiro atoms. The summed E-state index contributed by atoms with van der Waals surface area (Å²) in [6.45, 7) is 3.44. The number of hydrogen-bond acceptors (Lipinski definition) is 4. The fourth-order valence-corrected chi connectivity index (χ4v) is 4.31. The molecule has 0 aromatic heterocycles. The fourth-order valence-electron chi connectivity index (χ4n) is 2.63. The molecule has 1 unspecified atom stereocenters. The highest BCUT2D eigenvalue weighted by molar-refractivity contribution is 9.10. The van der Waals surface area contributed by atoms with Crippen LogP contribution in [-0.2, 0) is 16.3 Å². The average molecular weight is 375 g/mol. The highest BCUT2D eigenvalue weighted by atomic mass is 79.9. The Labute approximate surface area is 135 Å². The Morgan fingerprint density at radius 3 is 2.81 bits per heavy atom. The summed E-state index contributed by atoms with van der Waals surface area (Å²) in [6.07, 6.45) is 2.44. The quantitative estimate of drug-likeness (QED) is 0.878. The third-order valence-electron chi connectivity index (χ3n) is 3.94. The lowest BCUT2D eigenvalue weighted by Gasteiger charge is -2.26. The van der Waals surface area contributed by atoms with Gasteiger partial charge in [0.15, 0.2) is 9.84 Å². The maximum atomic E-state index is 11.8. The monoisotopic (exact) mass is 374 g/mol. The minimum absolute atomic E-state index is 0.133. The van der Waals surface area contributed by atoms with Crippen molar-refractivity contribution in [3.63, 3.8) is 0 Å². The number of hydrogen-bond donors (Lipinski definition) is 1. The minimum atomic E-state index is -2.88. The molecule has 1 saturated heterocycles. The Morgan fingerprint density at radius 2 is 2.10 bits per heavy atom. The molecule has 1 heterocycles. The minimum Gasteiger partial charge on any atom is -0.370 e. The number of benzene rings is 1. The molecule has 0 amide bonds. The lowest BCUT2D eigenvalue weighted by atomic mass is 10.0. The van der Waals surface area contributed by atoms with E-state index in [1.54, 1.807) is 0 Å². The molecule has 4 nitrogen and oxygen atoms in total. The van der Waals surface area contributed by atoms with Crippen molar-refractivity contribution in [2.75, 3.05) is 29.5 Å². The summed E-state index contributed by atoms with van der Waals surface area (Å²) in [4.78, 5) is 2.19. The van der Waals surface area contributed by atoms with Crippen LogP contribution in [-0.4, -0.2) is 39.1 Å². The van der Waals surface area contributed by atoms with Gasteiger partial charge in [0.1, 0.15) is 0 Å². The van der Waals surface area contributed by atoms with Crippen molar-refractivity contribution in [1.29, 1.82) is 0 Å². The second-order valence-electron chi connectivity index (χ2n) is 5.64. The van der Waals surface area contributed by atoms with Crippen LogP contribution in [0.25, 0.3) is 0 Å². The molecule has 0 saturated carbocycles. The first-order valence-corrected chi connectivity index (χ1v) is 10.0. The number of nitrogens with two attached hydrogens (primary N) is 1. The molecule has 6 heteroatoms. The van der Waals surface area contributed by atoms with Crippen molar-refractivity contribution in [1.82, 2.24) is 0 Å². The van der Waals surface area contributed by atoms with E-state index < -0.39 is 9.84 Å². The zero-order valence-electron chi connectivity index (χ0n) is 12.4. The van der Waals surface area contributed by atoms with Gasteiger partial charge in [0, 0.05) is 29.3 Å². The van der Waals surface area contributed by atoms with Gasteiger partial charge >= 0.3 is 0 Å². The molecule has 1 aromatic rings. The van der Waals surface area contributed by atoms with Crippen LogP contribution < -0.4 is 10.6 Å². The Bertz CT molecular complexity index is 589. The first-order chi connectivity index (χ1) is 9.91. The van der Waals surface area contributed by atoms with Crippen LogP contribution in [0.15, 0.2) is 22.7 Å². The maximum Gasteiger partial charge on any atom is 0.152 e. The van der Waals surface area contributed by atoms with Gasteiger partial charge < -0.3 is 10.6 Å². The van der Waals surface area contributed by atoms with Crippen molar-refractivity contribution < 1.29 is 8.42 Å². The largest absolute Gasteiger partial charge is 0.370 e. The van der Waals surface area contributed by atoms with Gasteiger partial charge in [0.05, 0.1) is 11.5 Å². The summed E-state index contributed by atoms with van der Waals surface area (Å²) in [5, 5.41) is 0. The maximum absolute atomic E-state index is 11.8. The van der Waals surface area contributed by atoms with Crippen LogP contribution >= 0.6 is 15.9 Å². The van der Waals surface area contributed by atoms with Crippen molar-refractivity contribution in [3.8, 4) is 0 Å². The molecule has 1 aliphatic heterocycles. The molecule has 1 atom stereocenters. The van der Waals surface area contributed by atoms with E-state index in [1.807, 2.05) is 6.07 Å². The van der Waals surface area contributed by atoms with E-state index in [-0.39, 0.29) is 11.8 Å². The molecule has 2 rings (SSSR count). The Kier molecular flexibility index (Phi) is 5.68. The molecule has 0 bridgehead atoms. The third-order valence-corrected chi connectivity index (χ3v) is 6.15. The molecule has 1 aliphatic rings. The first-order valence-electron chi connectivity index (χ1n) is 7.40. The van der Waals surface area contributed by atoms with Crippen molar-refractivity contribution >= 4 is 31.5 Å². The predicted molar refractivity (Wildman–Crippen MR) is 91.6 cm³/mol.